The minimum absolute atomic E-state index is 0.579. The largest absolute Gasteiger partial charge is 0.384 e. The van der Waals surface area contributed by atoms with Crippen molar-refractivity contribution in [2.45, 2.75) is 13.3 Å². The van der Waals surface area contributed by atoms with Crippen molar-refractivity contribution in [1.29, 1.82) is 0 Å². The van der Waals surface area contributed by atoms with Gasteiger partial charge in [-0.3, -0.25) is 4.99 Å². The van der Waals surface area contributed by atoms with Gasteiger partial charge in [0.15, 0.2) is 0 Å². The smallest absolute Gasteiger partial charge is 0.125 e. The van der Waals surface area contributed by atoms with Crippen molar-refractivity contribution >= 4 is 16.7 Å². The second-order valence-corrected chi connectivity index (χ2v) is 4.29. The summed E-state index contributed by atoms with van der Waals surface area (Å²) in [6, 6.07) is 6.16. The Morgan fingerprint density at radius 2 is 2.28 bits per heavy atom. The van der Waals surface area contributed by atoms with Crippen LogP contribution in [0.2, 0.25) is 0 Å². The number of H-pyrrole nitrogens is 1. The summed E-state index contributed by atoms with van der Waals surface area (Å²) >= 11 is 0. The van der Waals surface area contributed by atoms with Crippen LogP contribution >= 0.6 is 0 Å². The van der Waals surface area contributed by atoms with E-state index in [0.29, 0.717) is 5.84 Å². The maximum Gasteiger partial charge on any atom is 0.125 e. The second-order valence-electron chi connectivity index (χ2n) is 4.29. The summed E-state index contributed by atoms with van der Waals surface area (Å²) in [6.07, 6.45) is 3.09. The van der Waals surface area contributed by atoms with E-state index in [0.717, 1.165) is 30.6 Å². The maximum atomic E-state index is 5.85. The van der Waals surface area contributed by atoms with Crippen molar-refractivity contribution < 1.29 is 0 Å². The molecule has 0 unspecified atom stereocenters. The fraction of sp³-hybridized carbons (Fsp3) is 0.357. The highest BCUT2D eigenvalue weighted by Crippen LogP contribution is 2.20. The average molecular weight is 244 g/mol. The van der Waals surface area contributed by atoms with Gasteiger partial charge in [-0.05, 0) is 43.3 Å². The lowest BCUT2D eigenvalue weighted by Crippen LogP contribution is -2.16. The van der Waals surface area contributed by atoms with Crippen LogP contribution in [0.4, 0.5) is 0 Å². The predicted molar refractivity (Wildman–Crippen MR) is 77.2 cm³/mol. The average Bonchev–Trinajstić information content (AvgIpc) is 2.81. The Kier molecular flexibility index (Phi) is 3.99. The van der Waals surface area contributed by atoms with Gasteiger partial charge in [-0.15, -0.1) is 0 Å². The highest BCUT2D eigenvalue weighted by molar-refractivity contribution is 6.01. The molecule has 2 aromatic rings. The first-order chi connectivity index (χ1) is 8.76. The topological polar surface area (TPSA) is 66.2 Å². The SMILES string of the molecule is CCNCCc1c[nH]c2ccc(C(N)=NC)cc12. The molecule has 1 aromatic carbocycles. The van der Waals surface area contributed by atoms with Gasteiger partial charge in [0, 0.05) is 29.7 Å². The normalized spacial score (nSPS) is 12.2. The lowest BCUT2D eigenvalue weighted by Gasteiger charge is -2.03. The Morgan fingerprint density at radius 1 is 1.44 bits per heavy atom. The minimum Gasteiger partial charge on any atom is -0.384 e. The van der Waals surface area contributed by atoms with Gasteiger partial charge in [0.2, 0.25) is 0 Å². The second kappa shape index (κ2) is 5.69. The van der Waals surface area contributed by atoms with Crippen molar-refractivity contribution in [1.82, 2.24) is 10.3 Å². The summed E-state index contributed by atoms with van der Waals surface area (Å²) in [5.41, 5.74) is 9.30. The predicted octanol–water partition coefficient (Wildman–Crippen LogP) is 1.66. The molecule has 4 heteroatoms. The van der Waals surface area contributed by atoms with Gasteiger partial charge in [-0.2, -0.15) is 0 Å². The molecule has 0 aliphatic heterocycles. The van der Waals surface area contributed by atoms with Crippen LogP contribution in [0.25, 0.3) is 10.9 Å². The van der Waals surface area contributed by atoms with Crippen LogP contribution in [0, 0.1) is 0 Å². The van der Waals surface area contributed by atoms with Gasteiger partial charge in [-0.1, -0.05) is 6.92 Å². The van der Waals surface area contributed by atoms with Crippen LogP contribution in [0.3, 0.4) is 0 Å². The van der Waals surface area contributed by atoms with Crippen molar-refractivity contribution in [3.63, 3.8) is 0 Å². The molecule has 18 heavy (non-hydrogen) atoms. The van der Waals surface area contributed by atoms with Gasteiger partial charge < -0.3 is 16.0 Å². The summed E-state index contributed by atoms with van der Waals surface area (Å²) < 4.78 is 0. The number of nitrogens with two attached hydrogens (primary N) is 1. The molecule has 0 saturated heterocycles. The molecule has 0 aliphatic rings. The Balaban J connectivity index is 2.31. The number of nitrogens with one attached hydrogen (secondary N) is 2. The summed E-state index contributed by atoms with van der Waals surface area (Å²) in [6.45, 7) is 4.11. The van der Waals surface area contributed by atoms with Gasteiger partial charge in [0.05, 0.1) is 0 Å². The molecule has 0 amide bonds. The Labute approximate surface area is 107 Å². The first-order valence-corrected chi connectivity index (χ1v) is 6.29. The molecule has 0 saturated carbocycles. The summed E-state index contributed by atoms with van der Waals surface area (Å²) in [4.78, 5) is 7.32. The number of aromatic nitrogens is 1. The zero-order valence-electron chi connectivity index (χ0n) is 11.0. The molecule has 96 valence electrons. The Bertz CT molecular complexity index is 554. The Morgan fingerprint density at radius 3 is 3.00 bits per heavy atom. The van der Waals surface area contributed by atoms with Gasteiger partial charge in [0.25, 0.3) is 0 Å². The first kappa shape index (κ1) is 12.6. The van der Waals surface area contributed by atoms with Gasteiger partial charge >= 0.3 is 0 Å². The van der Waals surface area contributed by atoms with E-state index in [2.05, 4.69) is 40.5 Å². The van der Waals surface area contributed by atoms with Crippen LogP contribution in [-0.4, -0.2) is 31.0 Å². The number of benzene rings is 1. The lowest BCUT2D eigenvalue weighted by atomic mass is 10.1. The number of aliphatic imine (C=N–C) groups is 1. The van der Waals surface area contributed by atoms with Crippen molar-refractivity contribution in [2.24, 2.45) is 10.7 Å². The van der Waals surface area contributed by atoms with E-state index in [1.54, 1.807) is 7.05 Å². The van der Waals surface area contributed by atoms with Crippen LogP contribution in [0.1, 0.15) is 18.1 Å². The number of nitrogens with zero attached hydrogens (tertiary/aromatic N) is 1. The summed E-state index contributed by atoms with van der Waals surface area (Å²) in [7, 11) is 1.71. The number of likely N-dealkylation sites (N-methyl/N-ethyl adjacent to an activating group) is 1. The molecule has 4 nitrogen and oxygen atoms in total. The van der Waals surface area contributed by atoms with E-state index >= 15 is 0 Å². The standard InChI is InChI=1S/C14H20N4/c1-3-17-7-6-11-9-18-13-5-4-10(8-12(11)13)14(15)16-2/h4-5,8-9,17-18H,3,6-7H2,1-2H3,(H2,15,16). The van der Waals surface area contributed by atoms with E-state index in [-0.39, 0.29) is 0 Å². The van der Waals surface area contributed by atoms with E-state index in [9.17, 15) is 0 Å². The molecule has 2 rings (SSSR count). The van der Waals surface area contributed by atoms with Crippen LogP contribution in [0.5, 0.6) is 0 Å². The molecule has 0 fully saturated rings. The number of aromatic amines is 1. The molecule has 4 N–H and O–H groups in total. The highest BCUT2D eigenvalue weighted by atomic mass is 14.8. The van der Waals surface area contributed by atoms with Crippen LogP contribution in [-0.2, 0) is 6.42 Å². The third kappa shape index (κ3) is 2.54. The molecule has 1 aromatic heterocycles. The molecule has 0 radical (unpaired) electrons. The van der Waals surface area contributed by atoms with Crippen LogP contribution in [0.15, 0.2) is 29.4 Å². The molecule has 0 aliphatic carbocycles. The van der Waals surface area contributed by atoms with Crippen molar-refractivity contribution in [3.05, 3.63) is 35.5 Å². The molecule has 0 atom stereocenters. The molecular formula is C14H20N4. The fourth-order valence-electron chi connectivity index (χ4n) is 2.07. The third-order valence-corrected chi connectivity index (χ3v) is 3.13. The molecule has 0 bridgehead atoms. The molecule has 0 spiro atoms. The number of fused-ring (bicyclic) bond motifs is 1. The third-order valence-electron chi connectivity index (χ3n) is 3.13. The van der Waals surface area contributed by atoms with E-state index in [1.165, 1.54) is 10.9 Å². The summed E-state index contributed by atoms with van der Waals surface area (Å²) in [5.74, 6) is 0.579. The molecular weight excluding hydrogens is 224 g/mol. The number of rotatable bonds is 5. The number of hydrogen-bond acceptors (Lipinski definition) is 2. The highest BCUT2D eigenvalue weighted by Gasteiger charge is 2.06. The zero-order chi connectivity index (χ0) is 13.0. The van der Waals surface area contributed by atoms with Gasteiger partial charge in [0.1, 0.15) is 5.84 Å². The maximum absolute atomic E-state index is 5.85. The first-order valence-electron chi connectivity index (χ1n) is 6.29. The number of amidine groups is 1. The van der Waals surface area contributed by atoms with E-state index in [4.69, 9.17) is 5.73 Å². The monoisotopic (exact) mass is 244 g/mol. The van der Waals surface area contributed by atoms with Crippen molar-refractivity contribution in [3.8, 4) is 0 Å². The summed E-state index contributed by atoms with van der Waals surface area (Å²) in [5, 5.41) is 4.57. The quantitative estimate of drug-likeness (QED) is 0.425. The fourth-order valence-corrected chi connectivity index (χ4v) is 2.07. The van der Waals surface area contributed by atoms with E-state index in [1.807, 2.05) is 6.07 Å². The minimum atomic E-state index is 0.579. The van der Waals surface area contributed by atoms with Crippen LogP contribution < -0.4 is 11.1 Å². The van der Waals surface area contributed by atoms with E-state index < -0.39 is 0 Å². The van der Waals surface area contributed by atoms with Gasteiger partial charge in [-0.25, -0.2) is 0 Å². The number of hydrogen-bond donors (Lipinski definition) is 3. The Hall–Kier alpha value is -1.81. The molecule has 1 heterocycles. The van der Waals surface area contributed by atoms with Crippen molar-refractivity contribution in [2.75, 3.05) is 20.1 Å². The lowest BCUT2D eigenvalue weighted by molar-refractivity contribution is 0.718. The zero-order valence-corrected chi connectivity index (χ0v) is 11.0.